The van der Waals surface area contributed by atoms with Crippen LogP contribution >= 0.6 is 0 Å². The standard InChI is InChI=1S/C28H34N4O3/c1-35-26-7-3-6-23(16-26)30-27(34)32(13-12-31-11-9-25(33)19-31)24-8-10-28(17-22(28)15-24)21-5-2-4-20(14-21)18-29/h2-7,14,16,22,24-25,33H,8-13,15,17,19H2,1H3,(H,30,34). The van der Waals surface area contributed by atoms with Crippen LogP contribution in [0.15, 0.2) is 48.5 Å². The number of nitrogens with one attached hydrogen (secondary N) is 1. The van der Waals surface area contributed by atoms with Crippen LogP contribution in [0, 0.1) is 17.2 Å². The second kappa shape index (κ2) is 9.88. The molecule has 4 unspecified atom stereocenters. The molecule has 1 heterocycles. The number of nitrogens with zero attached hydrogens (tertiary/aromatic N) is 3. The minimum absolute atomic E-state index is 0.0809. The molecule has 1 saturated heterocycles. The average Bonchev–Trinajstić information content (AvgIpc) is 3.49. The third kappa shape index (κ3) is 5.00. The Morgan fingerprint density at radius 2 is 2.14 bits per heavy atom. The molecule has 5 rings (SSSR count). The number of β-amino-alcohol motifs (C(OH)–C–C–N with tert-alkyl or cyclic N) is 1. The summed E-state index contributed by atoms with van der Waals surface area (Å²) in [5.74, 6) is 1.25. The Hall–Kier alpha value is -3.08. The van der Waals surface area contributed by atoms with E-state index < -0.39 is 0 Å². The number of aliphatic hydroxyl groups is 1. The van der Waals surface area contributed by atoms with Gasteiger partial charge in [-0.05, 0) is 73.3 Å². The van der Waals surface area contributed by atoms with Crippen molar-refractivity contribution in [1.82, 2.24) is 9.80 Å². The van der Waals surface area contributed by atoms with Gasteiger partial charge in [-0.3, -0.25) is 4.90 Å². The smallest absolute Gasteiger partial charge is 0.322 e. The van der Waals surface area contributed by atoms with Crippen molar-refractivity contribution >= 4 is 11.7 Å². The number of aliphatic hydroxyl groups excluding tert-OH is 1. The molecule has 3 fully saturated rings. The molecule has 2 aliphatic carbocycles. The monoisotopic (exact) mass is 474 g/mol. The first-order chi connectivity index (χ1) is 17.0. The predicted molar refractivity (Wildman–Crippen MR) is 134 cm³/mol. The molecule has 7 heteroatoms. The number of carbonyl (C=O) groups excluding carboxylic acids is 1. The van der Waals surface area contributed by atoms with Crippen molar-refractivity contribution in [3.8, 4) is 11.8 Å². The van der Waals surface area contributed by atoms with Crippen LogP contribution in [0.5, 0.6) is 5.75 Å². The van der Waals surface area contributed by atoms with Crippen LogP contribution in [-0.4, -0.2) is 66.4 Å². The van der Waals surface area contributed by atoms with Gasteiger partial charge in [0.15, 0.2) is 0 Å². The fraction of sp³-hybridized carbons (Fsp3) is 0.500. The number of benzene rings is 2. The summed E-state index contributed by atoms with van der Waals surface area (Å²) in [6.45, 7) is 2.95. The molecular formula is C28H34N4O3. The molecule has 7 nitrogen and oxygen atoms in total. The van der Waals surface area contributed by atoms with E-state index in [1.54, 1.807) is 7.11 Å². The number of hydrogen-bond donors (Lipinski definition) is 2. The van der Waals surface area contributed by atoms with Gasteiger partial charge in [0.2, 0.25) is 0 Å². The molecular weight excluding hydrogens is 440 g/mol. The Balaban J connectivity index is 1.29. The fourth-order valence-corrected chi connectivity index (χ4v) is 6.16. The number of fused-ring (bicyclic) bond motifs is 1. The lowest BCUT2D eigenvalue weighted by molar-refractivity contribution is 0.142. The van der Waals surface area contributed by atoms with Gasteiger partial charge in [-0.1, -0.05) is 18.2 Å². The van der Waals surface area contributed by atoms with Crippen LogP contribution in [0.25, 0.3) is 0 Å². The SMILES string of the molecule is COc1cccc(NC(=O)N(CCN2CCC(O)C2)C2CCC3(c4cccc(C#N)c4)CC3C2)c1. The van der Waals surface area contributed by atoms with Crippen LogP contribution in [0.4, 0.5) is 10.5 Å². The number of anilines is 1. The second-order valence-electron chi connectivity index (χ2n) is 10.3. The summed E-state index contributed by atoms with van der Waals surface area (Å²) in [5, 5.41) is 22.3. The molecule has 184 valence electrons. The maximum atomic E-state index is 13.5. The van der Waals surface area contributed by atoms with Gasteiger partial charge in [0.25, 0.3) is 0 Å². The maximum absolute atomic E-state index is 13.5. The third-order valence-corrected chi connectivity index (χ3v) is 8.21. The summed E-state index contributed by atoms with van der Waals surface area (Å²) in [7, 11) is 1.62. The number of carbonyl (C=O) groups is 1. The number of rotatable bonds is 7. The average molecular weight is 475 g/mol. The second-order valence-corrected chi connectivity index (χ2v) is 10.3. The first-order valence-corrected chi connectivity index (χ1v) is 12.6. The lowest BCUT2D eigenvalue weighted by atomic mass is 9.80. The van der Waals surface area contributed by atoms with E-state index in [9.17, 15) is 15.2 Å². The van der Waals surface area contributed by atoms with Gasteiger partial charge in [-0.2, -0.15) is 5.26 Å². The number of methoxy groups -OCH3 is 1. The van der Waals surface area contributed by atoms with Gasteiger partial charge in [0.05, 0.1) is 24.8 Å². The number of likely N-dealkylation sites (tertiary alicyclic amines) is 1. The lowest BCUT2D eigenvalue weighted by Gasteiger charge is -2.37. The number of nitriles is 1. The number of hydrogen-bond acceptors (Lipinski definition) is 5. The summed E-state index contributed by atoms with van der Waals surface area (Å²) in [6.07, 6.45) is 4.61. The lowest BCUT2D eigenvalue weighted by Crippen LogP contribution is -2.48. The largest absolute Gasteiger partial charge is 0.497 e. The van der Waals surface area contributed by atoms with Crippen LogP contribution in [0.3, 0.4) is 0 Å². The summed E-state index contributed by atoms with van der Waals surface area (Å²) in [6, 6.07) is 17.9. The zero-order chi connectivity index (χ0) is 24.4. The number of ether oxygens (including phenoxy) is 1. The quantitative estimate of drug-likeness (QED) is 0.634. The van der Waals surface area contributed by atoms with Gasteiger partial charge >= 0.3 is 6.03 Å². The number of amides is 2. The Bertz CT molecular complexity index is 1120. The van der Waals surface area contributed by atoms with Crippen molar-refractivity contribution in [2.45, 2.75) is 49.7 Å². The molecule has 2 aromatic rings. The van der Waals surface area contributed by atoms with E-state index in [2.05, 4.69) is 22.4 Å². The van der Waals surface area contributed by atoms with Gasteiger partial charge in [-0.15, -0.1) is 0 Å². The van der Waals surface area contributed by atoms with Crippen LogP contribution in [-0.2, 0) is 5.41 Å². The highest BCUT2D eigenvalue weighted by Crippen LogP contribution is 2.62. The van der Waals surface area contributed by atoms with Crippen molar-refractivity contribution in [2.75, 3.05) is 38.6 Å². The topological polar surface area (TPSA) is 88.8 Å². The summed E-state index contributed by atoms with van der Waals surface area (Å²) in [4.78, 5) is 17.8. The zero-order valence-corrected chi connectivity index (χ0v) is 20.3. The molecule has 0 aromatic heterocycles. The first kappa shape index (κ1) is 23.7. The Morgan fingerprint density at radius 1 is 1.29 bits per heavy atom. The van der Waals surface area contributed by atoms with Gasteiger partial charge in [0, 0.05) is 44.0 Å². The molecule has 4 atom stereocenters. The molecule has 35 heavy (non-hydrogen) atoms. The highest BCUT2D eigenvalue weighted by Gasteiger charge is 2.58. The zero-order valence-electron chi connectivity index (χ0n) is 20.3. The van der Waals surface area contributed by atoms with Crippen LogP contribution in [0.1, 0.15) is 43.2 Å². The van der Waals surface area contributed by atoms with Crippen LogP contribution in [0.2, 0.25) is 0 Å². The third-order valence-electron chi connectivity index (χ3n) is 8.21. The van der Waals surface area contributed by atoms with Crippen molar-refractivity contribution in [2.24, 2.45) is 5.92 Å². The van der Waals surface area contributed by atoms with E-state index in [0.717, 1.165) is 56.4 Å². The molecule has 0 bridgehead atoms. The Kier molecular flexibility index (Phi) is 6.68. The molecule has 2 saturated carbocycles. The van der Waals surface area contributed by atoms with Gasteiger partial charge in [-0.25, -0.2) is 4.79 Å². The van der Waals surface area contributed by atoms with Crippen molar-refractivity contribution < 1.29 is 14.6 Å². The molecule has 2 N–H and O–H groups in total. The van der Waals surface area contributed by atoms with E-state index in [1.165, 1.54) is 5.56 Å². The molecule has 0 spiro atoms. The van der Waals surface area contributed by atoms with Crippen molar-refractivity contribution in [3.63, 3.8) is 0 Å². The molecule has 1 aliphatic heterocycles. The predicted octanol–water partition coefficient (Wildman–Crippen LogP) is 3.98. The minimum Gasteiger partial charge on any atom is -0.497 e. The molecule has 2 aromatic carbocycles. The molecule has 3 aliphatic rings. The summed E-state index contributed by atoms with van der Waals surface area (Å²) >= 11 is 0. The number of urea groups is 1. The fourth-order valence-electron chi connectivity index (χ4n) is 6.16. The normalized spacial score (nSPS) is 27.5. The first-order valence-electron chi connectivity index (χ1n) is 12.6. The highest BCUT2D eigenvalue weighted by atomic mass is 16.5. The van der Waals surface area contributed by atoms with E-state index in [1.807, 2.05) is 47.4 Å². The highest BCUT2D eigenvalue weighted by molar-refractivity contribution is 5.89. The molecule has 2 amide bonds. The minimum atomic E-state index is -0.264. The molecule has 0 radical (unpaired) electrons. The summed E-state index contributed by atoms with van der Waals surface area (Å²) in [5.41, 5.74) is 2.88. The Morgan fingerprint density at radius 3 is 2.89 bits per heavy atom. The van der Waals surface area contributed by atoms with Gasteiger partial charge < -0.3 is 20.1 Å². The van der Waals surface area contributed by atoms with E-state index in [0.29, 0.717) is 24.8 Å². The summed E-state index contributed by atoms with van der Waals surface area (Å²) < 4.78 is 5.31. The van der Waals surface area contributed by atoms with Crippen molar-refractivity contribution in [3.05, 3.63) is 59.7 Å². The Labute approximate surface area is 207 Å². The maximum Gasteiger partial charge on any atom is 0.322 e. The van der Waals surface area contributed by atoms with Crippen molar-refractivity contribution in [1.29, 1.82) is 5.26 Å². The van der Waals surface area contributed by atoms with Crippen LogP contribution < -0.4 is 10.1 Å². The van der Waals surface area contributed by atoms with E-state index >= 15 is 0 Å². The van der Waals surface area contributed by atoms with E-state index in [4.69, 9.17) is 4.74 Å². The van der Waals surface area contributed by atoms with E-state index in [-0.39, 0.29) is 23.6 Å². The van der Waals surface area contributed by atoms with Gasteiger partial charge in [0.1, 0.15) is 5.75 Å².